The fourth-order valence-electron chi connectivity index (χ4n) is 3.47. The first-order valence-electron chi connectivity index (χ1n) is 9.59. The van der Waals surface area contributed by atoms with Gasteiger partial charge in [0.15, 0.2) is 0 Å². The van der Waals surface area contributed by atoms with Crippen LogP contribution in [0.1, 0.15) is 33.2 Å². The summed E-state index contributed by atoms with van der Waals surface area (Å²) in [5, 5.41) is 5.04. The van der Waals surface area contributed by atoms with Gasteiger partial charge in [-0.2, -0.15) is 0 Å². The second-order valence-electron chi connectivity index (χ2n) is 6.81. The molecule has 1 aromatic heterocycles. The predicted molar refractivity (Wildman–Crippen MR) is 116 cm³/mol. The number of esters is 1. The van der Waals surface area contributed by atoms with Gasteiger partial charge in [-0.3, -0.25) is 9.59 Å². The van der Waals surface area contributed by atoms with Crippen LogP contribution >= 0.6 is 11.3 Å². The van der Waals surface area contributed by atoms with E-state index in [1.165, 1.54) is 16.2 Å². The topological polar surface area (TPSA) is 75.7 Å². The van der Waals surface area contributed by atoms with Gasteiger partial charge in [-0.15, -0.1) is 11.3 Å². The summed E-state index contributed by atoms with van der Waals surface area (Å²) in [5.41, 5.74) is 3.43. The Bertz CT molecular complexity index is 1110. The first-order chi connectivity index (χ1) is 14.6. The minimum Gasteiger partial charge on any atom is -0.462 e. The fourth-order valence-corrected chi connectivity index (χ4v) is 4.44. The highest BCUT2D eigenvalue weighted by molar-refractivity contribution is 7.15. The van der Waals surface area contributed by atoms with Gasteiger partial charge in [-0.25, -0.2) is 4.79 Å². The summed E-state index contributed by atoms with van der Waals surface area (Å²) in [5.74, 6) is -1.01. The second kappa shape index (κ2) is 8.51. The highest BCUT2D eigenvalue weighted by Gasteiger charge is 2.29. The van der Waals surface area contributed by atoms with Gasteiger partial charge in [0.05, 0.1) is 6.61 Å². The zero-order valence-corrected chi connectivity index (χ0v) is 17.2. The van der Waals surface area contributed by atoms with E-state index in [0.717, 1.165) is 11.1 Å². The van der Waals surface area contributed by atoms with Crippen LogP contribution < -0.4 is 5.32 Å². The van der Waals surface area contributed by atoms with E-state index in [4.69, 9.17) is 4.74 Å². The van der Waals surface area contributed by atoms with Crippen LogP contribution in [0.4, 0.5) is 5.00 Å². The van der Waals surface area contributed by atoms with Crippen molar-refractivity contribution in [3.63, 3.8) is 0 Å². The molecule has 152 valence electrons. The molecule has 0 atom stereocenters. The molecule has 30 heavy (non-hydrogen) atoms. The molecule has 2 heterocycles. The Morgan fingerprint density at radius 3 is 2.53 bits per heavy atom. The van der Waals surface area contributed by atoms with E-state index < -0.39 is 5.97 Å². The number of nitrogens with one attached hydrogen (secondary N) is 1. The van der Waals surface area contributed by atoms with Gasteiger partial charge in [-0.05, 0) is 24.1 Å². The fraction of sp³-hybridized carbons (Fsp3) is 0.174. The molecule has 2 amide bonds. The summed E-state index contributed by atoms with van der Waals surface area (Å²) >= 11 is 1.26. The lowest BCUT2D eigenvalue weighted by Crippen LogP contribution is -2.33. The minimum atomic E-state index is -0.488. The molecule has 3 aromatic rings. The Hall–Kier alpha value is -3.45. The van der Waals surface area contributed by atoms with Gasteiger partial charge in [0.25, 0.3) is 5.91 Å². The number of hydrogen-bond acceptors (Lipinski definition) is 5. The highest BCUT2D eigenvalue weighted by atomic mass is 32.1. The number of thiophene rings is 1. The number of nitrogens with zero attached hydrogens (tertiary/aromatic N) is 1. The van der Waals surface area contributed by atoms with Crippen molar-refractivity contribution in [1.29, 1.82) is 0 Å². The van der Waals surface area contributed by atoms with Gasteiger partial charge in [-0.1, -0.05) is 48.5 Å². The third kappa shape index (κ3) is 3.84. The third-order valence-corrected chi connectivity index (χ3v) is 5.73. The van der Waals surface area contributed by atoms with Crippen LogP contribution in [0, 0.1) is 0 Å². The normalized spacial score (nSPS) is 12.6. The number of benzene rings is 2. The smallest absolute Gasteiger partial charge is 0.341 e. The number of anilines is 1. The van der Waals surface area contributed by atoms with E-state index in [1.807, 2.05) is 53.9 Å². The van der Waals surface area contributed by atoms with E-state index >= 15 is 0 Å². The van der Waals surface area contributed by atoms with Crippen LogP contribution in [0.5, 0.6) is 0 Å². The van der Waals surface area contributed by atoms with Crippen LogP contribution in [0.3, 0.4) is 0 Å². The van der Waals surface area contributed by atoms with Crippen LogP contribution in [-0.2, 0) is 16.1 Å². The lowest BCUT2D eigenvalue weighted by atomic mass is 10.0. The quantitative estimate of drug-likeness (QED) is 0.607. The number of carbonyl (C=O) groups excluding carboxylic acids is 3. The third-order valence-electron chi connectivity index (χ3n) is 4.84. The Balaban J connectivity index is 1.54. The molecule has 0 aliphatic carbocycles. The van der Waals surface area contributed by atoms with Crippen molar-refractivity contribution in [2.75, 3.05) is 18.5 Å². The van der Waals surface area contributed by atoms with E-state index in [9.17, 15) is 14.4 Å². The number of hydrogen-bond donors (Lipinski definition) is 1. The van der Waals surface area contributed by atoms with Crippen molar-refractivity contribution >= 4 is 34.1 Å². The first-order valence-corrected chi connectivity index (χ1v) is 10.5. The van der Waals surface area contributed by atoms with Crippen molar-refractivity contribution < 1.29 is 19.1 Å². The Morgan fingerprint density at radius 1 is 1.07 bits per heavy atom. The van der Waals surface area contributed by atoms with Crippen LogP contribution in [0.2, 0.25) is 0 Å². The zero-order valence-electron chi connectivity index (χ0n) is 16.4. The number of rotatable bonds is 6. The molecule has 0 bridgehead atoms. The summed E-state index contributed by atoms with van der Waals surface area (Å²) < 4.78 is 5.22. The number of ether oxygens (including phenoxy) is 1. The Morgan fingerprint density at radius 2 is 1.80 bits per heavy atom. The van der Waals surface area contributed by atoms with Crippen molar-refractivity contribution in [2.45, 2.75) is 13.5 Å². The van der Waals surface area contributed by atoms with E-state index in [-0.39, 0.29) is 25.0 Å². The molecular formula is C23H20N2O4S. The largest absolute Gasteiger partial charge is 0.462 e. The van der Waals surface area contributed by atoms with E-state index in [0.29, 0.717) is 28.2 Å². The average molecular weight is 420 g/mol. The van der Waals surface area contributed by atoms with E-state index in [2.05, 4.69) is 5.32 Å². The minimum absolute atomic E-state index is 0.0889. The van der Waals surface area contributed by atoms with Crippen molar-refractivity contribution in [2.24, 2.45) is 0 Å². The molecule has 0 saturated heterocycles. The molecule has 2 aromatic carbocycles. The SMILES string of the molecule is CCOC(=O)c1c(-c2ccccc2)csc1NC(=O)CN1Cc2ccccc2C1=O. The summed E-state index contributed by atoms with van der Waals surface area (Å²) in [4.78, 5) is 39.3. The molecular weight excluding hydrogens is 400 g/mol. The molecule has 0 saturated carbocycles. The lowest BCUT2D eigenvalue weighted by molar-refractivity contribution is -0.116. The monoisotopic (exact) mass is 420 g/mol. The van der Waals surface area contributed by atoms with Gasteiger partial charge in [0.1, 0.15) is 17.1 Å². The molecule has 0 radical (unpaired) electrons. The molecule has 1 N–H and O–H groups in total. The maximum atomic E-state index is 12.7. The van der Waals surface area contributed by atoms with Crippen molar-refractivity contribution in [3.05, 3.63) is 76.7 Å². The molecule has 4 rings (SSSR count). The van der Waals surface area contributed by atoms with Crippen molar-refractivity contribution in [1.82, 2.24) is 4.90 Å². The Labute approximate surface area is 178 Å². The maximum absolute atomic E-state index is 12.7. The summed E-state index contributed by atoms with van der Waals surface area (Å²) in [6.07, 6.45) is 0. The van der Waals surface area contributed by atoms with Crippen LogP contribution in [0.15, 0.2) is 60.0 Å². The number of carbonyl (C=O) groups is 3. The van der Waals surface area contributed by atoms with Gasteiger partial charge in [0.2, 0.25) is 5.91 Å². The molecule has 1 aliphatic rings. The molecule has 6 nitrogen and oxygen atoms in total. The van der Waals surface area contributed by atoms with E-state index in [1.54, 1.807) is 13.0 Å². The Kier molecular flexibility index (Phi) is 5.63. The zero-order chi connectivity index (χ0) is 21.1. The summed E-state index contributed by atoms with van der Waals surface area (Å²) in [7, 11) is 0. The highest BCUT2D eigenvalue weighted by Crippen LogP contribution is 2.36. The second-order valence-corrected chi connectivity index (χ2v) is 7.69. The molecule has 0 spiro atoms. The molecule has 1 aliphatic heterocycles. The summed E-state index contributed by atoms with van der Waals surface area (Å²) in [6, 6.07) is 16.8. The molecule has 0 fully saturated rings. The number of fused-ring (bicyclic) bond motifs is 1. The van der Waals surface area contributed by atoms with Gasteiger partial charge >= 0.3 is 5.97 Å². The average Bonchev–Trinajstić information content (AvgIpc) is 3.30. The summed E-state index contributed by atoms with van der Waals surface area (Å²) in [6.45, 7) is 2.28. The predicted octanol–water partition coefficient (Wildman–Crippen LogP) is 4.19. The maximum Gasteiger partial charge on any atom is 0.341 e. The van der Waals surface area contributed by atoms with Crippen LogP contribution in [-0.4, -0.2) is 35.8 Å². The molecule has 0 unspecified atom stereocenters. The van der Waals surface area contributed by atoms with Crippen molar-refractivity contribution in [3.8, 4) is 11.1 Å². The molecule has 7 heteroatoms. The van der Waals surface area contributed by atoms with Gasteiger partial charge < -0.3 is 15.0 Å². The first kappa shape index (κ1) is 19.8. The van der Waals surface area contributed by atoms with Crippen LogP contribution in [0.25, 0.3) is 11.1 Å². The van der Waals surface area contributed by atoms with Gasteiger partial charge in [0, 0.05) is 23.1 Å². The number of amides is 2. The standard InChI is InChI=1S/C23H20N2O4S/c1-2-29-23(28)20-18(15-8-4-3-5-9-15)14-30-21(20)24-19(26)13-25-12-16-10-6-7-11-17(16)22(25)27/h3-11,14H,2,12-13H2,1H3,(H,24,26). The lowest BCUT2D eigenvalue weighted by Gasteiger charge is -2.15.